The van der Waals surface area contributed by atoms with Gasteiger partial charge in [-0.15, -0.1) is 0 Å². The molecule has 0 radical (unpaired) electrons. The monoisotopic (exact) mass is 487 g/mol. The molecule has 0 saturated carbocycles. The zero-order valence-corrected chi connectivity index (χ0v) is 19.3. The van der Waals surface area contributed by atoms with E-state index in [2.05, 4.69) is 9.97 Å². The van der Waals surface area contributed by atoms with Gasteiger partial charge < -0.3 is 24.0 Å². The third-order valence-electron chi connectivity index (χ3n) is 5.44. The van der Waals surface area contributed by atoms with Crippen LogP contribution in [0.15, 0.2) is 18.2 Å². The number of methoxy groups -OCH3 is 1. The number of halogens is 2. The van der Waals surface area contributed by atoms with Gasteiger partial charge in [-0.05, 0) is 36.4 Å². The summed E-state index contributed by atoms with van der Waals surface area (Å²) in [5, 5.41) is 3.06. The quantitative estimate of drug-likeness (QED) is 0.321. The summed E-state index contributed by atoms with van der Waals surface area (Å²) in [6.07, 6.45) is -1.90. The zero-order chi connectivity index (χ0) is 23.6. The van der Waals surface area contributed by atoms with E-state index in [-0.39, 0.29) is 35.3 Å². The first-order chi connectivity index (χ1) is 15.1. The lowest BCUT2D eigenvalue weighted by Gasteiger charge is -2.34. The van der Waals surface area contributed by atoms with Gasteiger partial charge in [0.25, 0.3) is 5.91 Å². The van der Waals surface area contributed by atoms with Gasteiger partial charge in [-0.2, -0.15) is 0 Å². The first-order valence-electron chi connectivity index (χ1n) is 10.2. The van der Waals surface area contributed by atoms with Crippen LogP contribution in [0, 0.1) is 5.92 Å². The Morgan fingerprint density at radius 3 is 2.66 bits per heavy atom. The van der Waals surface area contributed by atoms with Crippen LogP contribution < -0.4 is 5.32 Å². The fourth-order valence-electron chi connectivity index (χ4n) is 4.05. The molecule has 4 atom stereocenters. The van der Waals surface area contributed by atoms with Crippen molar-refractivity contribution in [3.63, 3.8) is 0 Å². The number of hydrogen-bond donors (Lipinski definition) is 1. The summed E-state index contributed by atoms with van der Waals surface area (Å²) in [7, 11) is 1.19. The van der Waals surface area contributed by atoms with Crippen molar-refractivity contribution in [2.45, 2.75) is 44.7 Å². The van der Waals surface area contributed by atoms with E-state index in [0.717, 1.165) is 0 Å². The van der Waals surface area contributed by atoms with Gasteiger partial charge in [-0.25, -0.2) is 9.59 Å². The molecule has 2 aliphatic heterocycles. The molecule has 174 valence electrons. The molecule has 9 nitrogen and oxygen atoms in total. The normalized spacial score (nSPS) is 24.9. The number of Topliss-reactive ketones (excluding diaryl/α,β-unsaturated/α-hetero) is 1. The SMILES string of the molecule is COC(=O)[C@@H]1O[B-]2([C@@H](CC(=O)CNC(=O)c3cc(Cl)ccc3Cl)CC(C)C)OC(=O)[C@H]1[OH+]2. The fraction of sp³-hybridized carbons (Fsp3) is 0.500. The minimum atomic E-state index is -2.54. The van der Waals surface area contributed by atoms with Gasteiger partial charge in [0.05, 0.1) is 24.2 Å². The predicted octanol–water partition coefficient (Wildman–Crippen LogP) is 2.06. The maximum absolute atomic E-state index is 12.7. The van der Waals surface area contributed by atoms with Crippen LogP contribution in [0.4, 0.5) is 0 Å². The number of rotatable bonds is 9. The van der Waals surface area contributed by atoms with Gasteiger partial charge in [-0.3, -0.25) is 9.59 Å². The van der Waals surface area contributed by atoms with Crippen LogP contribution in [0.2, 0.25) is 15.9 Å². The molecule has 2 heterocycles. The number of ether oxygens (including phenoxy) is 1. The van der Waals surface area contributed by atoms with Crippen LogP contribution in [0.5, 0.6) is 0 Å². The molecule has 1 unspecified atom stereocenters. The average molecular weight is 488 g/mol. The highest BCUT2D eigenvalue weighted by Gasteiger charge is 2.69. The average Bonchev–Trinajstić information content (AvgIpc) is 3.28. The molecule has 2 N–H and O–H groups in total. The maximum atomic E-state index is 12.7. The molecule has 0 aliphatic carbocycles. The van der Waals surface area contributed by atoms with Gasteiger partial charge in [0.15, 0.2) is 6.10 Å². The van der Waals surface area contributed by atoms with Crippen molar-refractivity contribution in [3.8, 4) is 0 Å². The Hall–Kier alpha value is -2.14. The van der Waals surface area contributed by atoms with Crippen molar-refractivity contribution in [3.05, 3.63) is 33.8 Å². The second kappa shape index (κ2) is 9.78. The van der Waals surface area contributed by atoms with E-state index >= 15 is 0 Å². The zero-order valence-electron chi connectivity index (χ0n) is 17.8. The number of amides is 1. The standard InChI is InChI=1S/C20H24BCl2NO8/c1-10(2)6-11(21-30-16(19(27)29-3)17(31-21)20(28)32-21)7-13(25)9-24-18(26)14-8-12(22)4-5-15(14)23/h4-5,8,10-11,16-17,31H,6-7,9H2,1-3H3,(H,24,26)/t11-,16-,17+,21?/m1/s1. The summed E-state index contributed by atoms with van der Waals surface area (Å²) in [6, 6.07) is 4.44. The second-order valence-electron chi connectivity index (χ2n) is 8.28. The third kappa shape index (κ3) is 5.09. The first-order valence-corrected chi connectivity index (χ1v) is 10.9. The molecule has 32 heavy (non-hydrogen) atoms. The highest BCUT2D eigenvalue weighted by molar-refractivity contribution is 6.66. The smallest absolute Gasteiger partial charge is 0.608 e. The minimum absolute atomic E-state index is 0.0703. The van der Waals surface area contributed by atoms with E-state index in [0.29, 0.717) is 11.4 Å². The maximum Gasteiger partial charge on any atom is 0.630 e. The van der Waals surface area contributed by atoms with Gasteiger partial charge in [0, 0.05) is 5.02 Å². The van der Waals surface area contributed by atoms with Crippen LogP contribution in [0.25, 0.3) is 0 Å². The number of ketones is 1. The van der Waals surface area contributed by atoms with Crippen LogP contribution in [-0.2, 0) is 28.4 Å². The van der Waals surface area contributed by atoms with Gasteiger partial charge in [0.2, 0.25) is 6.10 Å². The summed E-state index contributed by atoms with van der Waals surface area (Å²) in [5.41, 5.74) is 0.149. The molecule has 2 fully saturated rings. The summed E-state index contributed by atoms with van der Waals surface area (Å²) >= 11 is 11.9. The lowest BCUT2D eigenvalue weighted by atomic mass is 9.58. The Morgan fingerprint density at radius 1 is 1.28 bits per heavy atom. The highest BCUT2D eigenvalue weighted by atomic mass is 35.5. The van der Waals surface area contributed by atoms with Gasteiger partial charge >= 0.3 is 18.7 Å². The highest BCUT2D eigenvalue weighted by Crippen LogP contribution is 2.44. The summed E-state index contributed by atoms with van der Waals surface area (Å²) in [6.45, 7) is 1.06. The van der Waals surface area contributed by atoms with E-state index in [9.17, 15) is 19.2 Å². The summed E-state index contributed by atoms with van der Waals surface area (Å²) in [5.74, 6) is -2.72. The van der Waals surface area contributed by atoms with Crippen LogP contribution in [0.3, 0.4) is 0 Å². The molecular formula is C20H24BCl2NO8. The van der Waals surface area contributed by atoms with Gasteiger partial charge in [-0.1, -0.05) is 43.5 Å². The van der Waals surface area contributed by atoms with Crippen molar-refractivity contribution in [2.24, 2.45) is 5.92 Å². The first kappa shape index (κ1) is 24.5. The molecule has 1 aromatic rings. The Bertz CT molecular complexity index is 942. The molecule has 0 aromatic heterocycles. The third-order valence-corrected chi connectivity index (χ3v) is 6.00. The number of carbonyl (C=O) groups is 4. The number of benzene rings is 1. The Morgan fingerprint density at radius 2 is 2.00 bits per heavy atom. The molecule has 2 saturated heterocycles. The molecule has 2 bridgehead atoms. The largest absolute Gasteiger partial charge is 0.630 e. The number of carbonyl (C=O) groups excluding carboxylic acids is 4. The molecular weight excluding hydrogens is 464 g/mol. The number of fused-ring (bicyclic) bond motifs is 2. The van der Waals surface area contributed by atoms with Crippen LogP contribution in [0.1, 0.15) is 37.0 Å². The van der Waals surface area contributed by atoms with Gasteiger partial charge in [0.1, 0.15) is 5.78 Å². The molecule has 3 rings (SSSR count). The second-order valence-corrected chi connectivity index (χ2v) is 9.12. The Labute approximate surface area is 195 Å². The summed E-state index contributed by atoms with van der Waals surface area (Å²) < 4.78 is 20.2. The van der Waals surface area contributed by atoms with Crippen molar-refractivity contribution < 1.29 is 37.9 Å². The van der Waals surface area contributed by atoms with E-state index in [4.69, 9.17) is 37.2 Å². The Balaban J connectivity index is 1.69. The molecule has 1 amide bonds. The molecule has 12 heteroatoms. The number of esters is 1. The minimum Gasteiger partial charge on any atom is -0.608 e. The molecule has 1 aromatic carbocycles. The van der Waals surface area contributed by atoms with E-state index in [1.165, 1.54) is 19.2 Å². The lowest BCUT2D eigenvalue weighted by Crippen LogP contribution is -2.51. The number of hydrogen-bond acceptors (Lipinski definition) is 7. The number of aliphatic hydroxyl groups is 1. The predicted molar refractivity (Wildman–Crippen MR) is 116 cm³/mol. The topological polar surface area (TPSA) is 121 Å². The van der Waals surface area contributed by atoms with Crippen molar-refractivity contribution in [1.82, 2.24) is 5.32 Å². The Kier molecular flexibility index (Phi) is 7.49. The number of nitrogens with one attached hydrogen (secondary N) is 1. The lowest BCUT2D eigenvalue weighted by molar-refractivity contribution is -0.161. The van der Waals surface area contributed by atoms with Crippen LogP contribution in [-0.4, -0.2) is 60.9 Å². The molecule has 2 aliphatic rings. The van der Waals surface area contributed by atoms with Crippen molar-refractivity contribution in [1.29, 1.82) is 0 Å². The summed E-state index contributed by atoms with van der Waals surface area (Å²) in [4.78, 5) is 49.3. The van der Waals surface area contributed by atoms with Crippen molar-refractivity contribution in [2.75, 3.05) is 13.7 Å². The van der Waals surface area contributed by atoms with Crippen LogP contribution >= 0.6 is 23.2 Å². The fourth-order valence-corrected chi connectivity index (χ4v) is 4.43. The van der Waals surface area contributed by atoms with E-state index < -0.39 is 42.6 Å². The van der Waals surface area contributed by atoms with Crippen molar-refractivity contribution >= 4 is 53.6 Å². The van der Waals surface area contributed by atoms with E-state index in [1.54, 1.807) is 6.07 Å². The van der Waals surface area contributed by atoms with E-state index in [1.807, 2.05) is 13.8 Å². The molecule has 0 spiro atoms.